The molecule has 0 spiro atoms. The minimum absolute atomic E-state index is 0.0774. The Balaban J connectivity index is 2.11. The highest BCUT2D eigenvalue weighted by Crippen LogP contribution is 2.17. The van der Waals surface area contributed by atoms with Gasteiger partial charge in [0.1, 0.15) is 0 Å². The van der Waals surface area contributed by atoms with Crippen LogP contribution in [-0.2, 0) is 4.74 Å². The number of esters is 1. The fraction of sp³-hybridized carbons (Fsp3) is 0.286. The third-order valence-corrected chi connectivity index (χ3v) is 4.17. The number of hydrogen-bond donors (Lipinski definition) is 1. The standard InChI is InChI=1S/C21H24N2O4/c1-4-5-14-23(2)20(25)16-12-10-15(11-13-16)19(24)22-18-9-7-6-8-17(18)21(26)27-3/h6-13H,4-5,14H2,1-3H3,(H,22,24). The Labute approximate surface area is 159 Å². The summed E-state index contributed by atoms with van der Waals surface area (Å²) in [4.78, 5) is 38.3. The summed E-state index contributed by atoms with van der Waals surface area (Å²) in [6.07, 6.45) is 1.96. The second-order valence-electron chi connectivity index (χ2n) is 6.15. The average molecular weight is 368 g/mol. The molecule has 2 aromatic carbocycles. The maximum atomic E-state index is 12.5. The number of anilines is 1. The lowest BCUT2D eigenvalue weighted by Crippen LogP contribution is -2.27. The largest absolute Gasteiger partial charge is 0.465 e. The van der Waals surface area contributed by atoms with E-state index in [-0.39, 0.29) is 17.4 Å². The molecule has 0 saturated carbocycles. The zero-order valence-electron chi connectivity index (χ0n) is 15.8. The Morgan fingerprint density at radius 2 is 1.63 bits per heavy atom. The van der Waals surface area contributed by atoms with Gasteiger partial charge in [-0.25, -0.2) is 4.79 Å². The van der Waals surface area contributed by atoms with Crippen molar-refractivity contribution in [1.29, 1.82) is 0 Å². The molecule has 0 aliphatic carbocycles. The lowest BCUT2D eigenvalue weighted by molar-refractivity contribution is 0.0601. The van der Waals surface area contributed by atoms with Crippen molar-refractivity contribution in [2.75, 3.05) is 26.0 Å². The molecule has 2 amide bonds. The van der Waals surface area contributed by atoms with Crippen molar-refractivity contribution in [3.05, 3.63) is 65.2 Å². The van der Waals surface area contributed by atoms with E-state index in [4.69, 9.17) is 4.74 Å². The SMILES string of the molecule is CCCCN(C)C(=O)c1ccc(C(=O)Nc2ccccc2C(=O)OC)cc1. The van der Waals surface area contributed by atoms with E-state index in [1.54, 1.807) is 60.5 Å². The van der Waals surface area contributed by atoms with Crippen molar-refractivity contribution in [2.24, 2.45) is 0 Å². The van der Waals surface area contributed by atoms with Crippen LogP contribution in [0.3, 0.4) is 0 Å². The van der Waals surface area contributed by atoms with Gasteiger partial charge in [-0.1, -0.05) is 25.5 Å². The van der Waals surface area contributed by atoms with E-state index in [0.29, 0.717) is 23.4 Å². The molecule has 0 atom stereocenters. The molecule has 142 valence electrons. The number of para-hydroxylation sites is 1. The van der Waals surface area contributed by atoms with Gasteiger partial charge in [-0.3, -0.25) is 9.59 Å². The molecule has 6 nitrogen and oxygen atoms in total. The Morgan fingerprint density at radius 1 is 1.00 bits per heavy atom. The van der Waals surface area contributed by atoms with Crippen LogP contribution in [-0.4, -0.2) is 43.4 Å². The van der Waals surface area contributed by atoms with Crippen LogP contribution in [0.5, 0.6) is 0 Å². The van der Waals surface area contributed by atoms with Crippen LogP contribution < -0.4 is 5.32 Å². The predicted molar refractivity (Wildman–Crippen MR) is 104 cm³/mol. The molecule has 0 heterocycles. The number of hydrogen-bond acceptors (Lipinski definition) is 4. The monoisotopic (exact) mass is 368 g/mol. The summed E-state index contributed by atoms with van der Waals surface area (Å²) >= 11 is 0. The summed E-state index contributed by atoms with van der Waals surface area (Å²) in [7, 11) is 3.05. The van der Waals surface area contributed by atoms with Crippen molar-refractivity contribution < 1.29 is 19.1 Å². The van der Waals surface area contributed by atoms with Crippen molar-refractivity contribution in [3.8, 4) is 0 Å². The van der Waals surface area contributed by atoms with Gasteiger partial charge in [0, 0.05) is 24.7 Å². The van der Waals surface area contributed by atoms with Crippen LogP contribution in [0, 0.1) is 0 Å². The fourth-order valence-electron chi connectivity index (χ4n) is 2.56. The summed E-state index contributed by atoms with van der Waals surface area (Å²) in [5, 5.41) is 2.71. The van der Waals surface area contributed by atoms with E-state index in [1.165, 1.54) is 7.11 Å². The first-order chi connectivity index (χ1) is 13.0. The van der Waals surface area contributed by atoms with Gasteiger partial charge in [0.25, 0.3) is 11.8 Å². The number of rotatable bonds is 7. The molecule has 2 rings (SSSR count). The molecule has 0 aliphatic rings. The molecular weight excluding hydrogens is 344 g/mol. The molecule has 6 heteroatoms. The molecule has 0 aromatic heterocycles. The first kappa shape index (κ1) is 20.2. The molecule has 0 bridgehead atoms. The zero-order chi connectivity index (χ0) is 19.8. The Bertz CT molecular complexity index is 815. The van der Waals surface area contributed by atoms with Gasteiger partial charge >= 0.3 is 5.97 Å². The normalized spacial score (nSPS) is 10.2. The highest BCUT2D eigenvalue weighted by Gasteiger charge is 2.15. The average Bonchev–Trinajstić information content (AvgIpc) is 2.71. The van der Waals surface area contributed by atoms with E-state index >= 15 is 0 Å². The van der Waals surface area contributed by atoms with Gasteiger partial charge in [0.2, 0.25) is 0 Å². The minimum Gasteiger partial charge on any atom is -0.465 e. The summed E-state index contributed by atoms with van der Waals surface area (Å²) in [6.45, 7) is 2.77. The van der Waals surface area contributed by atoms with E-state index in [1.807, 2.05) is 0 Å². The Morgan fingerprint density at radius 3 is 2.26 bits per heavy atom. The van der Waals surface area contributed by atoms with Crippen LogP contribution in [0.1, 0.15) is 50.8 Å². The van der Waals surface area contributed by atoms with E-state index < -0.39 is 5.97 Å². The maximum Gasteiger partial charge on any atom is 0.339 e. The number of nitrogens with zero attached hydrogens (tertiary/aromatic N) is 1. The molecular formula is C21H24N2O4. The van der Waals surface area contributed by atoms with E-state index in [2.05, 4.69) is 12.2 Å². The second-order valence-corrected chi connectivity index (χ2v) is 6.15. The van der Waals surface area contributed by atoms with Crippen molar-refractivity contribution in [3.63, 3.8) is 0 Å². The minimum atomic E-state index is -0.526. The number of methoxy groups -OCH3 is 1. The summed E-state index contributed by atoms with van der Waals surface area (Å²) in [6, 6.07) is 13.1. The predicted octanol–water partition coefficient (Wildman–Crippen LogP) is 3.60. The molecule has 2 aromatic rings. The molecule has 0 aliphatic heterocycles. The summed E-state index contributed by atoms with van der Waals surface area (Å²) in [5.74, 6) is -0.974. The number of unbranched alkanes of at least 4 members (excludes halogenated alkanes) is 1. The number of amides is 2. The highest BCUT2D eigenvalue weighted by molar-refractivity contribution is 6.08. The third kappa shape index (κ3) is 5.17. The van der Waals surface area contributed by atoms with Gasteiger partial charge < -0.3 is 15.0 Å². The number of carbonyl (C=O) groups excluding carboxylic acids is 3. The van der Waals surface area contributed by atoms with Crippen LogP contribution >= 0.6 is 0 Å². The number of ether oxygens (including phenoxy) is 1. The summed E-state index contributed by atoms with van der Waals surface area (Å²) in [5.41, 5.74) is 1.56. The first-order valence-electron chi connectivity index (χ1n) is 8.82. The van der Waals surface area contributed by atoms with Gasteiger partial charge in [-0.15, -0.1) is 0 Å². The number of nitrogens with one attached hydrogen (secondary N) is 1. The number of benzene rings is 2. The van der Waals surface area contributed by atoms with Crippen molar-refractivity contribution in [1.82, 2.24) is 4.90 Å². The van der Waals surface area contributed by atoms with Crippen LogP contribution in [0.25, 0.3) is 0 Å². The lowest BCUT2D eigenvalue weighted by Gasteiger charge is -2.17. The van der Waals surface area contributed by atoms with E-state index in [9.17, 15) is 14.4 Å². The quantitative estimate of drug-likeness (QED) is 0.758. The van der Waals surface area contributed by atoms with Crippen LogP contribution in [0.15, 0.2) is 48.5 Å². The smallest absolute Gasteiger partial charge is 0.339 e. The van der Waals surface area contributed by atoms with Gasteiger partial charge in [0.05, 0.1) is 18.4 Å². The topological polar surface area (TPSA) is 75.7 Å². The van der Waals surface area contributed by atoms with Gasteiger partial charge in [-0.2, -0.15) is 0 Å². The Hall–Kier alpha value is -3.15. The third-order valence-electron chi connectivity index (χ3n) is 4.17. The first-order valence-corrected chi connectivity index (χ1v) is 8.82. The van der Waals surface area contributed by atoms with Gasteiger partial charge in [-0.05, 0) is 42.8 Å². The van der Waals surface area contributed by atoms with E-state index in [0.717, 1.165) is 12.8 Å². The maximum absolute atomic E-state index is 12.5. The van der Waals surface area contributed by atoms with Crippen LogP contribution in [0.2, 0.25) is 0 Å². The van der Waals surface area contributed by atoms with Crippen molar-refractivity contribution >= 4 is 23.5 Å². The molecule has 1 N–H and O–H groups in total. The molecule has 27 heavy (non-hydrogen) atoms. The fourth-order valence-corrected chi connectivity index (χ4v) is 2.56. The lowest BCUT2D eigenvalue weighted by atomic mass is 10.1. The molecule has 0 radical (unpaired) electrons. The molecule has 0 unspecified atom stereocenters. The molecule has 0 saturated heterocycles. The Kier molecular flexibility index (Phi) is 7.11. The zero-order valence-corrected chi connectivity index (χ0v) is 15.8. The van der Waals surface area contributed by atoms with Crippen LogP contribution in [0.4, 0.5) is 5.69 Å². The number of carbonyl (C=O) groups is 3. The van der Waals surface area contributed by atoms with Crippen molar-refractivity contribution in [2.45, 2.75) is 19.8 Å². The highest BCUT2D eigenvalue weighted by atomic mass is 16.5. The van der Waals surface area contributed by atoms with Gasteiger partial charge in [0.15, 0.2) is 0 Å². The summed E-state index contributed by atoms with van der Waals surface area (Å²) < 4.78 is 4.72. The molecule has 0 fully saturated rings. The second kappa shape index (κ2) is 9.52.